The molecule has 1 N–H and O–H groups in total. The lowest BCUT2D eigenvalue weighted by Gasteiger charge is -2.33. The van der Waals surface area contributed by atoms with E-state index in [1.54, 1.807) is 12.4 Å². The van der Waals surface area contributed by atoms with Crippen LogP contribution < -0.4 is 15.0 Å². The second-order valence-electron chi connectivity index (χ2n) is 8.96. The molecule has 2 aromatic carbocycles. The van der Waals surface area contributed by atoms with E-state index in [4.69, 9.17) is 4.74 Å². The number of hydrogen-bond donors (Lipinski definition) is 1. The number of hydrogen-bond acceptors (Lipinski definition) is 5. The highest BCUT2D eigenvalue weighted by atomic mass is 16.5. The molecule has 0 radical (unpaired) electrons. The van der Waals surface area contributed by atoms with Crippen LogP contribution in [0.25, 0.3) is 0 Å². The van der Waals surface area contributed by atoms with E-state index < -0.39 is 0 Å². The van der Waals surface area contributed by atoms with Gasteiger partial charge in [-0.05, 0) is 69.4 Å². The third-order valence-electron chi connectivity index (χ3n) is 6.27. The number of aromatic nitrogens is 2. The Morgan fingerprint density at radius 3 is 2.48 bits per heavy atom. The average Bonchev–Trinajstić information content (AvgIpc) is 2.79. The Kier molecular flexibility index (Phi) is 6.92. The predicted molar refractivity (Wildman–Crippen MR) is 131 cm³/mol. The molecule has 1 atom stereocenters. The summed E-state index contributed by atoms with van der Waals surface area (Å²) in [6, 6.07) is 14.2. The molecule has 1 fully saturated rings. The first-order valence-electron chi connectivity index (χ1n) is 11.6. The van der Waals surface area contributed by atoms with Crippen LogP contribution in [0.2, 0.25) is 0 Å². The second kappa shape index (κ2) is 10.0. The van der Waals surface area contributed by atoms with E-state index in [1.165, 1.54) is 16.7 Å². The van der Waals surface area contributed by atoms with Crippen molar-refractivity contribution >= 4 is 11.7 Å². The Morgan fingerprint density at radius 1 is 1.03 bits per heavy atom. The van der Waals surface area contributed by atoms with E-state index in [2.05, 4.69) is 59.2 Å². The number of nitrogens with one attached hydrogen (secondary N) is 1. The van der Waals surface area contributed by atoms with Crippen molar-refractivity contribution in [1.29, 1.82) is 0 Å². The van der Waals surface area contributed by atoms with Crippen molar-refractivity contribution < 1.29 is 9.53 Å². The summed E-state index contributed by atoms with van der Waals surface area (Å²) >= 11 is 0. The van der Waals surface area contributed by atoms with Gasteiger partial charge < -0.3 is 15.0 Å². The quantitative estimate of drug-likeness (QED) is 0.560. The standard InChI is InChI=1S/C27H32N4O2/c1-18-6-5-7-23(17-18)33-27-25(28-12-13-29-27)31-14-10-22(11-15-31)26(32)30-21(4)24-9-8-19(2)16-20(24)3/h5-9,12-13,16-17,21-22H,10-11,14-15H2,1-4H3,(H,30,32)/t21-/m1/s1. The first-order chi connectivity index (χ1) is 15.9. The number of ether oxygens (including phenoxy) is 1. The normalized spacial score (nSPS) is 15.2. The van der Waals surface area contributed by atoms with E-state index in [0.29, 0.717) is 5.88 Å². The SMILES string of the molecule is Cc1cccc(Oc2nccnc2N2CCC(C(=O)N[C@H](C)c3ccc(C)cc3C)CC2)c1. The van der Waals surface area contributed by atoms with Gasteiger partial charge >= 0.3 is 0 Å². The van der Waals surface area contributed by atoms with Crippen LogP contribution in [0.3, 0.4) is 0 Å². The number of carbonyl (C=O) groups excluding carboxylic acids is 1. The summed E-state index contributed by atoms with van der Waals surface area (Å²) in [6.07, 6.45) is 4.86. The molecule has 1 aromatic heterocycles. The molecule has 1 aliphatic rings. The fourth-order valence-corrected chi connectivity index (χ4v) is 4.47. The Morgan fingerprint density at radius 2 is 1.76 bits per heavy atom. The van der Waals surface area contributed by atoms with Crippen molar-refractivity contribution in [1.82, 2.24) is 15.3 Å². The van der Waals surface area contributed by atoms with E-state index in [1.807, 2.05) is 31.2 Å². The summed E-state index contributed by atoms with van der Waals surface area (Å²) in [5, 5.41) is 3.22. The van der Waals surface area contributed by atoms with E-state index in [9.17, 15) is 4.79 Å². The maximum atomic E-state index is 13.0. The molecule has 6 nitrogen and oxygen atoms in total. The number of aryl methyl sites for hydroxylation is 3. The van der Waals surface area contributed by atoms with Gasteiger partial charge in [-0.1, -0.05) is 35.9 Å². The highest BCUT2D eigenvalue weighted by molar-refractivity contribution is 5.79. The molecule has 1 saturated heterocycles. The molecule has 1 amide bonds. The zero-order valence-electron chi connectivity index (χ0n) is 19.8. The van der Waals surface area contributed by atoms with Gasteiger partial charge in [-0.15, -0.1) is 0 Å². The molecule has 0 aliphatic carbocycles. The van der Waals surface area contributed by atoms with Crippen molar-refractivity contribution in [3.8, 4) is 11.6 Å². The summed E-state index contributed by atoms with van der Waals surface area (Å²) in [4.78, 5) is 24.1. The Hall–Kier alpha value is -3.41. The zero-order valence-corrected chi connectivity index (χ0v) is 19.8. The molecule has 33 heavy (non-hydrogen) atoms. The maximum Gasteiger partial charge on any atom is 0.263 e. The van der Waals surface area contributed by atoms with Crippen molar-refractivity contribution in [3.63, 3.8) is 0 Å². The minimum atomic E-state index is -0.00884. The zero-order chi connectivity index (χ0) is 23.4. The van der Waals surface area contributed by atoms with Crippen molar-refractivity contribution in [2.24, 2.45) is 5.92 Å². The van der Waals surface area contributed by atoms with Crippen LogP contribution in [-0.2, 0) is 4.79 Å². The lowest BCUT2D eigenvalue weighted by molar-refractivity contribution is -0.126. The number of anilines is 1. The van der Waals surface area contributed by atoms with Gasteiger partial charge in [-0.2, -0.15) is 0 Å². The lowest BCUT2D eigenvalue weighted by Crippen LogP contribution is -2.41. The van der Waals surface area contributed by atoms with Crippen LogP contribution in [0.15, 0.2) is 54.9 Å². The number of rotatable bonds is 6. The topological polar surface area (TPSA) is 67.4 Å². The molecule has 4 rings (SSSR count). The van der Waals surface area contributed by atoms with Gasteiger partial charge in [-0.3, -0.25) is 4.79 Å². The molecule has 3 aromatic rings. The van der Waals surface area contributed by atoms with Crippen LogP contribution in [0.1, 0.15) is 48.1 Å². The average molecular weight is 445 g/mol. The smallest absolute Gasteiger partial charge is 0.263 e. The number of amides is 1. The maximum absolute atomic E-state index is 13.0. The summed E-state index contributed by atoms with van der Waals surface area (Å²) < 4.78 is 6.04. The van der Waals surface area contributed by atoms with Gasteiger partial charge in [-0.25, -0.2) is 9.97 Å². The second-order valence-corrected chi connectivity index (χ2v) is 8.96. The molecule has 0 saturated carbocycles. The highest BCUT2D eigenvalue weighted by Gasteiger charge is 2.28. The van der Waals surface area contributed by atoms with Crippen molar-refractivity contribution in [3.05, 3.63) is 77.1 Å². The molecule has 0 bridgehead atoms. The summed E-state index contributed by atoms with van der Waals surface area (Å²) in [5.41, 5.74) is 4.74. The number of benzene rings is 2. The third kappa shape index (κ3) is 5.51. The molecule has 2 heterocycles. The first-order valence-corrected chi connectivity index (χ1v) is 11.6. The van der Waals surface area contributed by atoms with Gasteiger partial charge in [0.2, 0.25) is 5.91 Å². The first kappa shape index (κ1) is 22.8. The van der Waals surface area contributed by atoms with E-state index in [0.717, 1.165) is 43.1 Å². The fraction of sp³-hybridized carbons (Fsp3) is 0.370. The fourth-order valence-electron chi connectivity index (χ4n) is 4.47. The summed E-state index contributed by atoms with van der Waals surface area (Å²) in [6.45, 7) is 9.74. The highest BCUT2D eigenvalue weighted by Crippen LogP contribution is 2.31. The summed E-state index contributed by atoms with van der Waals surface area (Å²) in [7, 11) is 0. The van der Waals surface area contributed by atoms with E-state index >= 15 is 0 Å². The van der Waals surface area contributed by atoms with Crippen LogP contribution in [0, 0.1) is 26.7 Å². The molecule has 0 spiro atoms. The largest absolute Gasteiger partial charge is 0.436 e. The van der Waals surface area contributed by atoms with Crippen molar-refractivity contribution in [2.45, 2.75) is 46.6 Å². The minimum absolute atomic E-state index is 0.00716. The predicted octanol–water partition coefficient (Wildman–Crippen LogP) is 5.29. The molecule has 1 aliphatic heterocycles. The van der Waals surface area contributed by atoms with Gasteiger partial charge in [0.15, 0.2) is 5.82 Å². The van der Waals surface area contributed by atoms with Crippen LogP contribution in [-0.4, -0.2) is 29.0 Å². The molecular weight excluding hydrogens is 412 g/mol. The van der Waals surface area contributed by atoms with Gasteiger partial charge in [0.25, 0.3) is 5.88 Å². The van der Waals surface area contributed by atoms with Gasteiger partial charge in [0.05, 0.1) is 6.04 Å². The molecule has 172 valence electrons. The number of nitrogens with zero attached hydrogens (tertiary/aromatic N) is 3. The van der Waals surface area contributed by atoms with E-state index in [-0.39, 0.29) is 17.9 Å². The molecule has 0 unspecified atom stereocenters. The number of piperidine rings is 1. The van der Waals surface area contributed by atoms with Crippen molar-refractivity contribution in [2.75, 3.05) is 18.0 Å². The van der Waals surface area contributed by atoms with Gasteiger partial charge in [0.1, 0.15) is 5.75 Å². The monoisotopic (exact) mass is 444 g/mol. The van der Waals surface area contributed by atoms with Gasteiger partial charge in [0, 0.05) is 31.4 Å². The Labute approximate surface area is 196 Å². The van der Waals surface area contributed by atoms with Crippen LogP contribution in [0.4, 0.5) is 5.82 Å². The third-order valence-corrected chi connectivity index (χ3v) is 6.27. The minimum Gasteiger partial charge on any atom is -0.436 e. The lowest BCUT2D eigenvalue weighted by atomic mass is 9.94. The summed E-state index contributed by atoms with van der Waals surface area (Å²) in [5.74, 6) is 2.08. The molecular formula is C27H32N4O2. The Balaban J connectivity index is 1.37. The van der Waals surface area contributed by atoms with Crippen LogP contribution in [0.5, 0.6) is 11.6 Å². The van der Waals surface area contributed by atoms with Crippen LogP contribution >= 0.6 is 0 Å². The Bertz CT molecular complexity index is 1120. The molecule has 6 heteroatoms. The number of carbonyl (C=O) groups is 1.